The van der Waals surface area contributed by atoms with Gasteiger partial charge in [-0.3, -0.25) is 4.79 Å². The summed E-state index contributed by atoms with van der Waals surface area (Å²) in [5, 5.41) is 6.02. The molecule has 92 valence electrons. The van der Waals surface area contributed by atoms with E-state index in [-0.39, 0.29) is 12.0 Å². The average Bonchev–Trinajstić information content (AvgIpc) is 2.74. The molecule has 0 bridgehead atoms. The summed E-state index contributed by atoms with van der Waals surface area (Å²) in [6.45, 7) is 2.86. The van der Waals surface area contributed by atoms with E-state index in [1.165, 1.54) is 0 Å². The molecule has 1 aromatic carbocycles. The SMILES string of the molecule is CNC(=O)c1cccc(NC2CCOC2C)c1. The van der Waals surface area contributed by atoms with Gasteiger partial charge in [0.25, 0.3) is 5.91 Å². The molecule has 0 spiro atoms. The Bertz CT molecular complexity index is 406. The molecule has 1 aromatic rings. The molecule has 1 fully saturated rings. The van der Waals surface area contributed by atoms with Gasteiger partial charge in [-0.25, -0.2) is 0 Å². The van der Waals surface area contributed by atoms with Crippen LogP contribution in [0.4, 0.5) is 5.69 Å². The molecule has 1 heterocycles. The van der Waals surface area contributed by atoms with Gasteiger partial charge in [-0.2, -0.15) is 0 Å². The topological polar surface area (TPSA) is 50.4 Å². The minimum atomic E-state index is -0.0654. The Hall–Kier alpha value is -1.55. The molecular formula is C13H18N2O2. The van der Waals surface area contributed by atoms with Crippen LogP contribution in [0.25, 0.3) is 0 Å². The van der Waals surface area contributed by atoms with Crippen LogP contribution in [0.5, 0.6) is 0 Å². The predicted molar refractivity (Wildman–Crippen MR) is 67.3 cm³/mol. The second-order valence-electron chi connectivity index (χ2n) is 4.28. The van der Waals surface area contributed by atoms with Gasteiger partial charge >= 0.3 is 0 Å². The van der Waals surface area contributed by atoms with Gasteiger partial charge in [0, 0.05) is 24.9 Å². The fraction of sp³-hybridized carbons (Fsp3) is 0.462. The van der Waals surface area contributed by atoms with Crippen LogP contribution < -0.4 is 10.6 Å². The van der Waals surface area contributed by atoms with Crippen LogP contribution >= 0.6 is 0 Å². The number of amides is 1. The summed E-state index contributed by atoms with van der Waals surface area (Å²) >= 11 is 0. The zero-order chi connectivity index (χ0) is 12.3. The first-order chi connectivity index (χ1) is 8.20. The van der Waals surface area contributed by atoms with Gasteiger partial charge in [0.2, 0.25) is 0 Å². The van der Waals surface area contributed by atoms with Gasteiger partial charge in [0.1, 0.15) is 0 Å². The number of anilines is 1. The van der Waals surface area contributed by atoms with E-state index in [9.17, 15) is 4.79 Å². The second kappa shape index (κ2) is 5.19. The number of hydrogen-bond acceptors (Lipinski definition) is 3. The van der Waals surface area contributed by atoms with Crippen LogP contribution in [-0.2, 0) is 4.74 Å². The maximum atomic E-state index is 11.5. The Morgan fingerprint density at radius 3 is 2.94 bits per heavy atom. The fourth-order valence-electron chi connectivity index (χ4n) is 2.03. The number of carbonyl (C=O) groups excluding carboxylic acids is 1. The Labute approximate surface area is 101 Å². The molecule has 1 amide bonds. The van der Waals surface area contributed by atoms with E-state index in [1.807, 2.05) is 18.2 Å². The highest BCUT2D eigenvalue weighted by Gasteiger charge is 2.23. The first-order valence-corrected chi connectivity index (χ1v) is 5.91. The first-order valence-electron chi connectivity index (χ1n) is 5.91. The molecule has 2 rings (SSSR count). The lowest BCUT2D eigenvalue weighted by Gasteiger charge is -2.17. The maximum Gasteiger partial charge on any atom is 0.251 e. The van der Waals surface area contributed by atoms with Crippen molar-refractivity contribution >= 4 is 11.6 Å². The van der Waals surface area contributed by atoms with Crippen LogP contribution in [-0.4, -0.2) is 31.7 Å². The van der Waals surface area contributed by atoms with Crippen molar-refractivity contribution < 1.29 is 9.53 Å². The lowest BCUT2D eigenvalue weighted by Crippen LogP contribution is -2.26. The summed E-state index contributed by atoms with van der Waals surface area (Å²) in [6.07, 6.45) is 1.23. The number of carbonyl (C=O) groups is 1. The molecule has 17 heavy (non-hydrogen) atoms. The average molecular weight is 234 g/mol. The van der Waals surface area contributed by atoms with E-state index in [0.717, 1.165) is 18.7 Å². The summed E-state index contributed by atoms with van der Waals surface area (Å²) in [7, 11) is 1.63. The molecule has 0 radical (unpaired) electrons. The molecule has 2 N–H and O–H groups in total. The molecule has 1 aliphatic rings. The van der Waals surface area contributed by atoms with Crippen LogP contribution in [0.15, 0.2) is 24.3 Å². The lowest BCUT2D eigenvalue weighted by molar-refractivity contribution is 0.0963. The van der Waals surface area contributed by atoms with Crippen molar-refractivity contribution in [3.63, 3.8) is 0 Å². The van der Waals surface area contributed by atoms with Gasteiger partial charge in [-0.1, -0.05) is 6.07 Å². The number of ether oxygens (including phenoxy) is 1. The Morgan fingerprint density at radius 1 is 1.47 bits per heavy atom. The monoisotopic (exact) mass is 234 g/mol. The number of benzene rings is 1. The van der Waals surface area contributed by atoms with Gasteiger partial charge in [0.05, 0.1) is 12.1 Å². The van der Waals surface area contributed by atoms with Gasteiger partial charge in [0.15, 0.2) is 0 Å². The zero-order valence-electron chi connectivity index (χ0n) is 10.2. The van der Waals surface area contributed by atoms with Crippen LogP contribution in [0.1, 0.15) is 23.7 Å². The third kappa shape index (κ3) is 2.77. The van der Waals surface area contributed by atoms with E-state index < -0.39 is 0 Å². The molecule has 0 aromatic heterocycles. The standard InChI is InChI=1S/C13H18N2O2/c1-9-12(6-7-17-9)15-11-5-3-4-10(8-11)13(16)14-2/h3-5,8-9,12,15H,6-7H2,1-2H3,(H,14,16). The molecule has 1 saturated heterocycles. The second-order valence-corrected chi connectivity index (χ2v) is 4.28. The minimum absolute atomic E-state index is 0.0654. The summed E-state index contributed by atoms with van der Waals surface area (Å²) in [5.74, 6) is -0.0654. The van der Waals surface area contributed by atoms with Crippen molar-refractivity contribution in [3.8, 4) is 0 Å². The fourth-order valence-corrected chi connectivity index (χ4v) is 2.03. The largest absolute Gasteiger partial charge is 0.380 e. The third-order valence-electron chi connectivity index (χ3n) is 3.08. The Kier molecular flexibility index (Phi) is 3.64. The summed E-state index contributed by atoms with van der Waals surface area (Å²) in [4.78, 5) is 11.5. The van der Waals surface area contributed by atoms with Crippen molar-refractivity contribution in [1.82, 2.24) is 5.32 Å². The highest BCUT2D eigenvalue weighted by Crippen LogP contribution is 2.19. The van der Waals surface area contributed by atoms with E-state index in [2.05, 4.69) is 17.6 Å². The van der Waals surface area contributed by atoms with E-state index in [0.29, 0.717) is 11.6 Å². The lowest BCUT2D eigenvalue weighted by atomic mass is 10.1. The highest BCUT2D eigenvalue weighted by atomic mass is 16.5. The molecule has 1 aliphatic heterocycles. The van der Waals surface area contributed by atoms with Crippen molar-refractivity contribution in [2.75, 3.05) is 19.0 Å². The van der Waals surface area contributed by atoms with Crippen molar-refractivity contribution in [3.05, 3.63) is 29.8 Å². The van der Waals surface area contributed by atoms with Crippen LogP contribution in [0, 0.1) is 0 Å². The molecule has 2 atom stereocenters. The zero-order valence-corrected chi connectivity index (χ0v) is 10.2. The first kappa shape index (κ1) is 11.9. The van der Waals surface area contributed by atoms with Gasteiger partial charge < -0.3 is 15.4 Å². The normalized spacial score (nSPS) is 23.4. The van der Waals surface area contributed by atoms with E-state index in [4.69, 9.17) is 4.74 Å². The van der Waals surface area contributed by atoms with Gasteiger partial charge in [-0.15, -0.1) is 0 Å². The van der Waals surface area contributed by atoms with E-state index in [1.54, 1.807) is 13.1 Å². The molecule has 2 unspecified atom stereocenters. The van der Waals surface area contributed by atoms with Crippen LogP contribution in [0.3, 0.4) is 0 Å². The number of hydrogen-bond donors (Lipinski definition) is 2. The smallest absolute Gasteiger partial charge is 0.251 e. The Morgan fingerprint density at radius 2 is 2.29 bits per heavy atom. The number of rotatable bonds is 3. The number of nitrogens with one attached hydrogen (secondary N) is 2. The molecular weight excluding hydrogens is 216 g/mol. The minimum Gasteiger partial charge on any atom is -0.380 e. The predicted octanol–water partition coefficient (Wildman–Crippen LogP) is 1.64. The third-order valence-corrected chi connectivity index (χ3v) is 3.08. The van der Waals surface area contributed by atoms with Crippen molar-refractivity contribution in [2.24, 2.45) is 0 Å². The molecule has 4 heteroatoms. The van der Waals surface area contributed by atoms with Gasteiger partial charge in [-0.05, 0) is 31.5 Å². The van der Waals surface area contributed by atoms with Crippen LogP contribution in [0.2, 0.25) is 0 Å². The maximum absolute atomic E-state index is 11.5. The van der Waals surface area contributed by atoms with Crippen molar-refractivity contribution in [2.45, 2.75) is 25.5 Å². The molecule has 0 saturated carbocycles. The molecule has 0 aliphatic carbocycles. The Balaban J connectivity index is 2.08. The molecule has 4 nitrogen and oxygen atoms in total. The summed E-state index contributed by atoms with van der Waals surface area (Å²) in [6, 6.07) is 7.85. The summed E-state index contributed by atoms with van der Waals surface area (Å²) in [5.41, 5.74) is 1.64. The highest BCUT2D eigenvalue weighted by molar-refractivity contribution is 5.94. The van der Waals surface area contributed by atoms with E-state index >= 15 is 0 Å². The quantitative estimate of drug-likeness (QED) is 0.836. The van der Waals surface area contributed by atoms with Crippen molar-refractivity contribution in [1.29, 1.82) is 0 Å². The summed E-state index contributed by atoms with van der Waals surface area (Å²) < 4.78 is 5.49.